The van der Waals surface area contributed by atoms with Crippen LogP contribution in [0.1, 0.15) is 31.4 Å². The number of nitrogens with one attached hydrogen (secondary N) is 1. The molecule has 1 nitrogen and oxygen atoms in total. The molecule has 0 heterocycles. The van der Waals surface area contributed by atoms with E-state index in [9.17, 15) is 4.39 Å². The van der Waals surface area contributed by atoms with E-state index in [4.69, 9.17) is 0 Å². The van der Waals surface area contributed by atoms with Crippen molar-refractivity contribution in [2.24, 2.45) is 0 Å². The quantitative estimate of drug-likeness (QED) is 0.796. The Labute approximate surface area is 127 Å². The Morgan fingerprint density at radius 3 is 2.33 bits per heavy atom. The standard InChI is InChI=1S/C19H24FN/c1-15(11-12-17-7-4-3-5-8-17)21-16(2)13-18-9-6-10-19(20)14-18/h3-10,14-16,21H,11-13H2,1-2H3. The van der Waals surface area contributed by atoms with E-state index >= 15 is 0 Å². The van der Waals surface area contributed by atoms with Gasteiger partial charge in [-0.25, -0.2) is 4.39 Å². The summed E-state index contributed by atoms with van der Waals surface area (Å²) in [5, 5.41) is 3.60. The van der Waals surface area contributed by atoms with Crippen LogP contribution >= 0.6 is 0 Å². The van der Waals surface area contributed by atoms with Gasteiger partial charge in [0, 0.05) is 12.1 Å². The van der Waals surface area contributed by atoms with Crippen LogP contribution in [0.3, 0.4) is 0 Å². The van der Waals surface area contributed by atoms with Gasteiger partial charge in [-0.15, -0.1) is 0 Å². The van der Waals surface area contributed by atoms with E-state index in [1.807, 2.05) is 12.1 Å². The van der Waals surface area contributed by atoms with Gasteiger partial charge in [0.05, 0.1) is 0 Å². The monoisotopic (exact) mass is 285 g/mol. The van der Waals surface area contributed by atoms with Crippen LogP contribution in [-0.4, -0.2) is 12.1 Å². The van der Waals surface area contributed by atoms with Gasteiger partial charge in [-0.1, -0.05) is 42.5 Å². The highest BCUT2D eigenvalue weighted by atomic mass is 19.1. The Kier molecular flexibility index (Phi) is 5.94. The first-order valence-corrected chi connectivity index (χ1v) is 7.68. The van der Waals surface area contributed by atoms with Crippen molar-refractivity contribution in [3.8, 4) is 0 Å². The number of hydrogen-bond acceptors (Lipinski definition) is 1. The first kappa shape index (κ1) is 15.7. The molecule has 21 heavy (non-hydrogen) atoms. The predicted octanol–water partition coefficient (Wildman–Crippen LogP) is 4.37. The normalized spacial score (nSPS) is 13.9. The summed E-state index contributed by atoms with van der Waals surface area (Å²) >= 11 is 0. The Bertz CT molecular complexity index is 538. The van der Waals surface area contributed by atoms with E-state index in [0.29, 0.717) is 12.1 Å². The van der Waals surface area contributed by atoms with Crippen molar-refractivity contribution in [1.82, 2.24) is 5.32 Å². The van der Waals surface area contributed by atoms with Crippen LogP contribution in [0.4, 0.5) is 4.39 Å². The second-order valence-corrected chi connectivity index (χ2v) is 5.83. The molecule has 2 unspecified atom stereocenters. The Hall–Kier alpha value is -1.67. The van der Waals surface area contributed by atoms with Crippen molar-refractivity contribution in [3.63, 3.8) is 0 Å². The first-order valence-electron chi connectivity index (χ1n) is 7.68. The highest BCUT2D eigenvalue weighted by molar-refractivity contribution is 5.17. The van der Waals surface area contributed by atoms with Gasteiger partial charge in [0.25, 0.3) is 0 Å². The smallest absolute Gasteiger partial charge is 0.123 e. The average Bonchev–Trinajstić information content (AvgIpc) is 2.46. The summed E-state index contributed by atoms with van der Waals surface area (Å²) in [5.41, 5.74) is 2.43. The number of halogens is 1. The minimum absolute atomic E-state index is 0.156. The zero-order chi connectivity index (χ0) is 15.1. The molecule has 0 fully saturated rings. The average molecular weight is 285 g/mol. The fraction of sp³-hybridized carbons (Fsp3) is 0.368. The van der Waals surface area contributed by atoms with E-state index in [0.717, 1.165) is 24.8 Å². The van der Waals surface area contributed by atoms with Crippen molar-refractivity contribution < 1.29 is 4.39 Å². The van der Waals surface area contributed by atoms with Gasteiger partial charge >= 0.3 is 0 Å². The summed E-state index contributed by atoms with van der Waals surface area (Å²) in [4.78, 5) is 0. The lowest BCUT2D eigenvalue weighted by molar-refractivity contribution is 0.443. The zero-order valence-corrected chi connectivity index (χ0v) is 12.9. The molecule has 0 saturated carbocycles. The molecule has 0 aromatic heterocycles. The molecule has 1 N–H and O–H groups in total. The third-order valence-electron chi connectivity index (χ3n) is 3.71. The molecule has 2 rings (SSSR count). The topological polar surface area (TPSA) is 12.0 Å². The van der Waals surface area contributed by atoms with Crippen LogP contribution in [0.5, 0.6) is 0 Å². The van der Waals surface area contributed by atoms with Crippen molar-refractivity contribution in [2.75, 3.05) is 0 Å². The summed E-state index contributed by atoms with van der Waals surface area (Å²) in [7, 11) is 0. The maximum atomic E-state index is 13.2. The molecule has 0 radical (unpaired) electrons. The summed E-state index contributed by atoms with van der Waals surface area (Å²) < 4.78 is 13.2. The van der Waals surface area contributed by atoms with Gasteiger partial charge in [0.1, 0.15) is 5.82 Å². The number of aryl methyl sites for hydroxylation is 1. The minimum atomic E-state index is -0.156. The molecule has 0 amide bonds. The van der Waals surface area contributed by atoms with Gasteiger partial charge in [-0.3, -0.25) is 0 Å². The van der Waals surface area contributed by atoms with Crippen LogP contribution < -0.4 is 5.32 Å². The van der Waals surface area contributed by atoms with Crippen LogP contribution in [0.25, 0.3) is 0 Å². The summed E-state index contributed by atoms with van der Waals surface area (Å²) in [6, 6.07) is 18.2. The van der Waals surface area contributed by atoms with Crippen molar-refractivity contribution in [3.05, 3.63) is 71.5 Å². The lowest BCUT2D eigenvalue weighted by Crippen LogP contribution is -2.36. The van der Waals surface area contributed by atoms with E-state index in [1.165, 1.54) is 11.6 Å². The molecule has 0 aliphatic carbocycles. The summed E-state index contributed by atoms with van der Waals surface area (Å²) in [6.07, 6.45) is 3.05. The largest absolute Gasteiger partial charge is 0.311 e. The van der Waals surface area contributed by atoms with E-state index in [-0.39, 0.29) is 5.82 Å². The van der Waals surface area contributed by atoms with E-state index < -0.39 is 0 Å². The maximum Gasteiger partial charge on any atom is 0.123 e. The number of rotatable bonds is 7. The third-order valence-corrected chi connectivity index (χ3v) is 3.71. The molecule has 0 saturated heterocycles. The Morgan fingerprint density at radius 1 is 0.905 bits per heavy atom. The lowest BCUT2D eigenvalue weighted by Gasteiger charge is -2.20. The second-order valence-electron chi connectivity index (χ2n) is 5.83. The second kappa shape index (κ2) is 7.94. The third kappa shape index (κ3) is 5.68. The summed E-state index contributed by atoms with van der Waals surface area (Å²) in [6.45, 7) is 4.37. The van der Waals surface area contributed by atoms with Gasteiger partial charge in [0.15, 0.2) is 0 Å². The predicted molar refractivity (Wildman–Crippen MR) is 86.9 cm³/mol. The highest BCUT2D eigenvalue weighted by Crippen LogP contribution is 2.09. The number of benzene rings is 2. The van der Waals surface area contributed by atoms with Gasteiger partial charge in [-0.05, 0) is 56.4 Å². The molecule has 112 valence electrons. The van der Waals surface area contributed by atoms with Gasteiger partial charge in [0.2, 0.25) is 0 Å². The fourth-order valence-corrected chi connectivity index (χ4v) is 2.67. The Balaban J connectivity index is 1.75. The van der Waals surface area contributed by atoms with Crippen molar-refractivity contribution in [1.29, 1.82) is 0 Å². The molecule has 0 spiro atoms. The lowest BCUT2D eigenvalue weighted by atomic mass is 10.0. The minimum Gasteiger partial charge on any atom is -0.311 e. The molecule has 2 aromatic carbocycles. The molecular formula is C19H24FN. The van der Waals surface area contributed by atoms with E-state index in [2.05, 4.69) is 43.4 Å². The fourth-order valence-electron chi connectivity index (χ4n) is 2.67. The Morgan fingerprint density at radius 2 is 1.62 bits per heavy atom. The van der Waals surface area contributed by atoms with Crippen molar-refractivity contribution >= 4 is 0 Å². The zero-order valence-electron chi connectivity index (χ0n) is 12.9. The van der Waals surface area contributed by atoms with Crippen LogP contribution in [0, 0.1) is 5.82 Å². The molecule has 2 atom stereocenters. The number of hydrogen-bond donors (Lipinski definition) is 1. The first-order chi connectivity index (χ1) is 10.1. The molecule has 2 aromatic rings. The van der Waals surface area contributed by atoms with Crippen LogP contribution in [0.2, 0.25) is 0 Å². The van der Waals surface area contributed by atoms with Crippen molar-refractivity contribution in [2.45, 2.75) is 45.2 Å². The molecular weight excluding hydrogens is 261 g/mol. The van der Waals surface area contributed by atoms with Gasteiger partial charge in [-0.2, -0.15) is 0 Å². The maximum absolute atomic E-state index is 13.2. The SMILES string of the molecule is CC(CCc1ccccc1)NC(C)Cc1cccc(F)c1. The van der Waals surface area contributed by atoms with Crippen LogP contribution in [-0.2, 0) is 12.8 Å². The van der Waals surface area contributed by atoms with Gasteiger partial charge < -0.3 is 5.32 Å². The molecule has 2 heteroatoms. The molecule has 0 aliphatic heterocycles. The highest BCUT2D eigenvalue weighted by Gasteiger charge is 2.08. The van der Waals surface area contributed by atoms with E-state index in [1.54, 1.807) is 12.1 Å². The summed E-state index contributed by atoms with van der Waals surface area (Å²) in [5.74, 6) is -0.156. The molecule has 0 bridgehead atoms. The molecule has 0 aliphatic rings. The van der Waals surface area contributed by atoms with Crippen LogP contribution in [0.15, 0.2) is 54.6 Å².